The summed E-state index contributed by atoms with van der Waals surface area (Å²) in [5, 5.41) is 8.34. The van der Waals surface area contributed by atoms with Crippen LogP contribution in [0.5, 0.6) is 5.75 Å². The highest BCUT2D eigenvalue weighted by Crippen LogP contribution is 2.48. The number of amides is 1. The van der Waals surface area contributed by atoms with Gasteiger partial charge in [-0.1, -0.05) is 47.8 Å². The number of fused-ring (bicyclic) bond motifs is 2. The molecule has 166 valence electrons. The number of carbonyl (C=O) groups excluding carboxylic acids is 1. The summed E-state index contributed by atoms with van der Waals surface area (Å²) < 4.78 is 24.5. The van der Waals surface area contributed by atoms with E-state index in [1.165, 1.54) is 36.0 Å². The Hall–Kier alpha value is -3.30. The van der Waals surface area contributed by atoms with Crippen LogP contribution in [0.4, 0.5) is 15.8 Å². The number of carbonyl (C=O) groups is 1. The molecular formula is C24H18FN3O3S2. The lowest BCUT2D eigenvalue weighted by atomic mass is 10.2. The third kappa shape index (κ3) is 4.60. The second kappa shape index (κ2) is 9.29. The summed E-state index contributed by atoms with van der Waals surface area (Å²) >= 11 is 2.82. The Morgan fingerprint density at radius 1 is 1.03 bits per heavy atom. The molecule has 5 rings (SSSR count). The van der Waals surface area contributed by atoms with Gasteiger partial charge < -0.3 is 9.15 Å². The van der Waals surface area contributed by atoms with Crippen LogP contribution < -0.4 is 9.64 Å². The first-order valence-electron chi connectivity index (χ1n) is 10.2. The fraction of sp³-hybridized carbons (Fsp3) is 0.125. The minimum absolute atomic E-state index is 0.0874. The van der Waals surface area contributed by atoms with Crippen molar-refractivity contribution < 1.29 is 18.3 Å². The summed E-state index contributed by atoms with van der Waals surface area (Å²) in [5.41, 5.74) is 1.72. The van der Waals surface area contributed by atoms with Gasteiger partial charge >= 0.3 is 0 Å². The van der Waals surface area contributed by atoms with Gasteiger partial charge in [0.25, 0.3) is 11.1 Å². The topological polar surface area (TPSA) is 68.5 Å². The van der Waals surface area contributed by atoms with Crippen molar-refractivity contribution in [3.05, 3.63) is 84.5 Å². The number of benzene rings is 3. The molecule has 1 unspecified atom stereocenters. The van der Waals surface area contributed by atoms with Crippen molar-refractivity contribution in [2.75, 3.05) is 10.7 Å². The van der Waals surface area contributed by atoms with Crippen molar-refractivity contribution in [1.82, 2.24) is 10.2 Å². The number of anilines is 2. The number of thioether (sulfide) groups is 1. The molecule has 0 radical (unpaired) electrons. The molecule has 1 aromatic heterocycles. The first-order valence-corrected chi connectivity index (χ1v) is 12.0. The number of aromatic nitrogens is 2. The maximum absolute atomic E-state index is 13.3. The van der Waals surface area contributed by atoms with E-state index in [2.05, 4.69) is 10.2 Å². The summed E-state index contributed by atoms with van der Waals surface area (Å²) in [5.74, 6) is 0.470. The van der Waals surface area contributed by atoms with Crippen molar-refractivity contribution in [3.63, 3.8) is 0 Å². The van der Waals surface area contributed by atoms with Gasteiger partial charge in [0.1, 0.15) is 11.6 Å². The Morgan fingerprint density at radius 2 is 1.67 bits per heavy atom. The Bertz CT molecular complexity index is 1250. The maximum Gasteiger partial charge on any atom is 0.277 e. The minimum Gasteiger partial charge on any atom is -0.481 e. The van der Waals surface area contributed by atoms with E-state index in [0.717, 1.165) is 21.2 Å². The molecule has 1 amide bonds. The van der Waals surface area contributed by atoms with E-state index in [9.17, 15) is 9.18 Å². The van der Waals surface area contributed by atoms with Gasteiger partial charge in [-0.2, -0.15) is 0 Å². The number of hydrogen-bond donors (Lipinski definition) is 0. The average Bonchev–Trinajstić information content (AvgIpc) is 3.32. The van der Waals surface area contributed by atoms with E-state index in [-0.39, 0.29) is 28.6 Å². The van der Waals surface area contributed by atoms with Gasteiger partial charge in [-0.25, -0.2) is 4.39 Å². The van der Waals surface area contributed by atoms with Gasteiger partial charge in [-0.15, -0.1) is 10.2 Å². The molecule has 4 aromatic rings. The predicted octanol–water partition coefficient (Wildman–Crippen LogP) is 6.27. The molecule has 33 heavy (non-hydrogen) atoms. The number of para-hydroxylation sites is 2. The highest BCUT2D eigenvalue weighted by molar-refractivity contribution is 8.00. The second-order valence-electron chi connectivity index (χ2n) is 7.18. The number of nitrogens with zero attached hydrogens (tertiary/aromatic N) is 3. The fourth-order valence-electron chi connectivity index (χ4n) is 3.37. The maximum atomic E-state index is 13.3. The van der Waals surface area contributed by atoms with Gasteiger partial charge in [0.15, 0.2) is 6.10 Å². The van der Waals surface area contributed by atoms with E-state index in [1.54, 1.807) is 23.6 Å². The monoisotopic (exact) mass is 479 g/mol. The standard InChI is InChI=1S/C24H18FN3O3S2/c1-15(30-17-12-10-16(25)11-13-17)23-26-27-24(31-23)32-14-22(29)28-18-6-2-4-8-20(18)33-21-9-5-3-7-19(21)28/h2-13,15H,14H2,1H3. The Labute approximate surface area is 198 Å². The zero-order valence-electron chi connectivity index (χ0n) is 17.5. The lowest BCUT2D eigenvalue weighted by molar-refractivity contribution is -0.115. The van der Waals surface area contributed by atoms with E-state index >= 15 is 0 Å². The van der Waals surface area contributed by atoms with Crippen LogP contribution >= 0.6 is 23.5 Å². The van der Waals surface area contributed by atoms with Crippen LogP contribution in [-0.4, -0.2) is 21.9 Å². The van der Waals surface area contributed by atoms with Crippen LogP contribution in [-0.2, 0) is 4.79 Å². The molecule has 0 N–H and O–H groups in total. The summed E-state index contributed by atoms with van der Waals surface area (Å²) in [6.45, 7) is 1.76. The van der Waals surface area contributed by atoms with Gasteiger partial charge in [-0.3, -0.25) is 9.69 Å². The zero-order chi connectivity index (χ0) is 22.8. The van der Waals surface area contributed by atoms with Crippen LogP contribution in [0.1, 0.15) is 18.9 Å². The van der Waals surface area contributed by atoms with Crippen LogP contribution in [0.2, 0.25) is 0 Å². The minimum atomic E-state index is -0.522. The predicted molar refractivity (Wildman–Crippen MR) is 125 cm³/mol. The molecule has 1 aliphatic heterocycles. The third-order valence-corrected chi connectivity index (χ3v) is 6.83. The van der Waals surface area contributed by atoms with Crippen molar-refractivity contribution in [1.29, 1.82) is 0 Å². The first-order chi connectivity index (χ1) is 16.1. The number of ether oxygens (including phenoxy) is 1. The Morgan fingerprint density at radius 3 is 2.33 bits per heavy atom. The van der Waals surface area contributed by atoms with Crippen LogP contribution in [0.15, 0.2) is 92.2 Å². The first kappa shape index (κ1) is 21.5. The smallest absolute Gasteiger partial charge is 0.277 e. The molecule has 3 aromatic carbocycles. The SMILES string of the molecule is CC(Oc1ccc(F)cc1)c1nnc(SCC(=O)N2c3ccccc3Sc3ccccc32)o1. The van der Waals surface area contributed by atoms with Crippen molar-refractivity contribution >= 4 is 40.8 Å². The van der Waals surface area contributed by atoms with Gasteiger partial charge in [-0.05, 0) is 55.5 Å². The summed E-state index contributed by atoms with van der Waals surface area (Å²) in [4.78, 5) is 17.1. The lowest BCUT2D eigenvalue weighted by Crippen LogP contribution is -2.29. The second-order valence-corrected chi connectivity index (χ2v) is 9.19. The lowest BCUT2D eigenvalue weighted by Gasteiger charge is -2.30. The van der Waals surface area contributed by atoms with Crippen LogP contribution in [0, 0.1) is 5.82 Å². The Kier molecular flexibility index (Phi) is 6.06. The van der Waals surface area contributed by atoms with Gasteiger partial charge in [0.05, 0.1) is 17.1 Å². The summed E-state index contributed by atoms with van der Waals surface area (Å²) in [7, 11) is 0. The summed E-state index contributed by atoms with van der Waals surface area (Å²) in [6, 6.07) is 21.4. The molecule has 1 aliphatic rings. The average molecular weight is 480 g/mol. The summed E-state index contributed by atoms with van der Waals surface area (Å²) in [6.07, 6.45) is -0.522. The van der Waals surface area contributed by atoms with Gasteiger partial charge in [0, 0.05) is 9.79 Å². The van der Waals surface area contributed by atoms with Crippen molar-refractivity contribution in [3.8, 4) is 5.75 Å². The third-order valence-electron chi connectivity index (χ3n) is 4.90. The quantitative estimate of drug-likeness (QED) is 0.302. The van der Waals surface area contributed by atoms with Gasteiger partial charge in [0.2, 0.25) is 5.91 Å². The largest absolute Gasteiger partial charge is 0.481 e. The highest BCUT2D eigenvalue weighted by atomic mass is 32.2. The van der Waals surface area contributed by atoms with E-state index < -0.39 is 6.10 Å². The number of hydrogen-bond acceptors (Lipinski definition) is 7. The molecule has 1 atom stereocenters. The molecule has 0 aliphatic carbocycles. The van der Waals surface area contributed by atoms with Crippen molar-refractivity contribution in [2.24, 2.45) is 0 Å². The van der Waals surface area contributed by atoms with E-state index in [1.807, 2.05) is 48.5 Å². The van der Waals surface area contributed by atoms with Crippen LogP contribution in [0.3, 0.4) is 0 Å². The Balaban J connectivity index is 1.28. The van der Waals surface area contributed by atoms with Crippen LogP contribution in [0.25, 0.3) is 0 Å². The zero-order valence-corrected chi connectivity index (χ0v) is 19.1. The van der Waals surface area contributed by atoms with Crippen molar-refractivity contribution in [2.45, 2.75) is 28.0 Å². The van der Waals surface area contributed by atoms with E-state index in [0.29, 0.717) is 5.75 Å². The fourth-order valence-corrected chi connectivity index (χ4v) is 5.05. The molecule has 6 nitrogen and oxygen atoms in total. The molecule has 0 bridgehead atoms. The number of halogens is 1. The van der Waals surface area contributed by atoms with E-state index in [4.69, 9.17) is 9.15 Å². The molecule has 9 heteroatoms. The highest BCUT2D eigenvalue weighted by Gasteiger charge is 2.28. The molecule has 0 saturated carbocycles. The molecule has 2 heterocycles. The normalized spacial score (nSPS) is 13.2. The molecule has 0 spiro atoms. The molecule has 0 fully saturated rings. The number of rotatable bonds is 6. The molecule has 0 saturated heterocycles. The molecular weight excluding hydrogens is 461 g/mol.